The molecule has 0 radical (unpaired) electrons. The molecule has 1 aliphatic rings. The third kappa shape index (κ3) is 6.36. The van der Waals surface area contributed by atoms with Crippen molar-refractivity contribution in [2.24, 2.45) is 0 Å². The minimum atomic E-state index is -3.70. The van der Waals surface area contributed by atoms with Crippen LogP contribution >= 0.6 is 24.8 Å². The molecular weight excluding hydrogens is 439 g/mol. The van der Waals surface area contributed by atoms with E-state index in [1.165, 1.54) is 17.6 Å². The number of benzene rings is 1. The fourth-order valence-electron chi connectivity index (χ4n) is 2.95. The average Bonchev–Trinajstić information content (AvgIpc) is 2.73. The second-order valence-electron chi connectivity index (χ2n) is 6.10. The number of halogens is 2. The molecule has 1 fully saturated rings. The minimum Gasteiger partial charge on any atom is -0.465 e. The Bertz CT molecular complexity index is 882. The Morgan fingerprint density at radius 2 is 1.97 bits per heavy atom. The zero-order valence-corrected chi connectivity index (χ0v) is 18.2. The van der Waals surface area contributed by atoms with Gasteiger partial charge < -0.3 is 10.1 Å². The number of carbonyl (C=O) groups is 1. The monoisotopic (exact) mass is 462 g/mol. The van der Waals surface area contributed by atoms with Crippen LogP contribution in [-0.4, -0.2) is 50.4 Å². The highest BCUT2D eigenvalue weighted by Crippen LogP contribution is 2.24. The van der Waals surface area contributed by atoms with Gasteiger partial charge in [-0.3, -0.25) is 4.98 Å². The lowest BCUT2D eigenvalue weighted by Gasteiger charge is -2.35. The first-order valence-corrected chi connectivity index (χ1v) is 10.0. The van der Waals surface area contributed by atoms with Crippen LogP contribution in [0, 0.1) is 0 Å². The van der Waals surface area contributed by atoms with Crippen molar-refractivity contribution in [3.63, 3.8) is 0 Å². The molecule has 160 valence electrons. The topological polar surface area (TPSA) is 101 Å². The molecule has 2 aromatic rings. The van der Waals surface area contributed by atoms with Gasteiger partial charge in [0.1, 0.15) is 0 Å². The third-order valence-electron chi connectivity index (χ3n) is 4.37. The van der Waals surface area contributed by atoms with Gasteiger partial charge in [-0.2, -0.15) is 17.4 Å². The van der Waals surface area contributed by atoms with Gasteiger partial charge in [-0.1, -0.05) is 30.3 Å². The van der Waals surface area contributed by atoms with Gasteiger partial charge in [0.2, 0.25) is 0 Å². The van der Waals surface area contributed by atoms with E-state index in [9.17, 15) is 13.2 Å². The van der Waals surface area contributed by atoms with Gasteiger partial charge in [0, 0.05) is 25.8 Å². The van der Waals surface area contributed by atoms with Gasteiger partial charge in [0.05, 0.1) is 31.0 Å². The number of rotatable bonds is 6. The predicted molar refractivity (Wildman–Crippen MR) is 115 cm³/mol. The molecule has 0 bridgehead atoms. The molecule has 11 heteroatoms. The Kier molecular flexibility index (Phi) is 9.97. The molecule has 8 nitrogen and oxygen atoms in total. The fourth-order valence-corrected chi connectivity index (χ4v) is 4.31. The van der Waals surface area contributed by atoms with Crippen LogP contribution in [0.15, 0.2) is 48.7 Å². The quantitative estimate of drug-likeness (QED) is 0.633. The van der Waals surface area contributed by atoms with E-state index in [4.69, 9.17) is 0 Å². The molecule has 1 aromatic heterocycles. The lowest BCUT2D eigenvalue weighted by molar-refractivity contribution is 0.0600. The number of ether oxygens (including phenoxy) is 1. The standard InChI is InChI=1S/C18H22N4O4S.2ClH/c1-26-18(23)15-7-8-16(20-11-15)12-21-27(24,25)22-10-9-19-13-17(22)14-5-3-2-4-6-14;;/h2-8,11,17,19,21H,9-10,12-13H2,1H3;2*1H. The van der Waals surface area contributed by atoms with Crippen LogP contribution in [0.5, 0.6) is 0 Å². The average molecular weight is 463 g/mol. The van der Waals surface area contributed by atoms with E-state index in [1.54, 1.807) is 12.1 Å². The summed E-state index contributed by atoms with van der Waals surface area (Å²) in [5.41, 5.74) is 1.77. The number of methoxy groups -OCH3 is 1. The Morgan fingerprint density at radius 1 is 1.24 bits per heavy atom. The second kappa shape index (κ2) is 11.4. The molecule has 29 heavy (non-hydrogen) atoms. The van der Waals surface area contributed by atoms with Gasteiger partial charge in [0.15, 0.2) is 0 Å². The molecule has 1 atom stereocenters. The van der Waals surface area contributed by atoms with E-state index >= 15 is 0 Å². The molecule has 1 aliphatic heterocycles. The van der Waals surface area contributed by atoms with Gasteiger partial charge in [-0.05, 0) is 17.7 Å². The summed E-state index contributed by atoms with van der Waals surface area (Å²) in [7, 11) is -2.41. The molecule has 1 aromatic carbocycles. The highest BCUT2D eigenvalue weighted by Gasteiger charge is 2.33. The van der Waals surface area contributed by atoms with E-state index < -0.39 is 16.2 Å². The Labute approximate surface area is 183 Å². The molecule has 0 saturated carbocycles. The van der Waals surface area contributed by atoms with E-state index in [-0.39, 0.29) is 37.4 Å². The number of nitrogens with one attached hydrogen (secondary N) is 2. The van der Waals surface area contributed by atoms with E-state index in [2.05, 4.69) is 19.8 Å². The molecule has 2 heterocycles. The van der Waals surface area contributed by atoms with Crippen LogP contribution in [0.25, 0.3) is 0 Å². The summed E-state index contributed by atoms with van der Waals surface area (Å²) in [5.74, 6) is -0.485. The van der Waals surface area contributed by atoms with Crippen LogP contribution in [0.1, 0.15) is 27.7 Å². The zero-order chi connectivity index (χ0) is 19.3. The van der Waals surface area contributed by atoms with Crippen molar-refractivity contribution >= 4 is 41.0 Å². The largest absolute Gasteiger partial charge is 0.465 e. The van der Waals surface area contributed by atoms with Crippen molar-refractivity contribution in [3.8, 4) is 0 Å². The van der Waals surface area contributed by atoms with Crippen LogP contribution in [0.2, 0.25) is 0 Å². The molecule has 1 unspecified atom stereocenters. The first kappa shape index (κ1) is 25.3. The summed E-state index contributed by atoms with van der Waals surface area (Å²) in [4.78, 5) is 15.5. The second-order valence-corrected chi connectivity index (χ2v) is 7.81. The predicted octanol–water partition coefficient (Wildman–Crippen LogP) is 1.69. The summed E-state index contributed by atoms with van der Waals surface area (Å²) < 4.78 is 34.4. The number of aromatic nitrogens is 1. The van der Waals surface area contributed by atoms with Crippen LogP contribution in [0.3, 0.4) is 0 Å². The lowest BCUT2D eigenvalue weighted by atomic mass is 10.1. The minimum absolute atomic E-state index is 0. The number of hydrogen-bond donors (Lipinski definition) is 2. The molecule has 0 aliphatic carbocycles. The summed E-state index contributed by atoms with van der Waals surface area (Å²) >= 11 is 0. The van der Waals surface area contributed by atoms with E-state index in [1.807, 2.05) is 30.3 Å². The number of nitrogens with zero attached hydrogens (tertiary/aromatic N) is 2. The summed E-state index contributed by atoms with van der Waals surface area (Å²) in [6, 6.07) is 12.4. The summed E-state index contributed by atoms with van der Waals surface area (Å²) in [5, 5.41) is 3.24. The van der Waals surface area contributed by atoms with Crippen molar-refractivity contribution in [3.05, 3.63) is 65.5 Å². The fraction of sp³-hybridized carbons (Fsp3) is 0.333. The molecular formula is C18H24Cl2N4O4S. The smallest absolute Gasteiger partial charge is 0.339 e. The maximum Gasteiger partial charge on any atom is 0.339 e. The van der Waals surface area contributed by atoms with Gasteiger partial charge in [-0.15, -0.1) is 24.8 Å². The van der Waals surface area contributed by atoms with Crippen molar-refractivity contribution in [1.29, 1.82) is 0 Å². The molecule has 0 spiro atoms. The molecule has 1 saturated heterocycles. The van der Waals surface area contributed by atoms with Gasteiger partial charge in [0.25, 0.3) is 10.2 Å². The van der Waals surface area contributed by atoms with Crippen molar-refractivity contribution in [2.45, 2.75) is 12.6 Å². The molecule has 3 rings (SSSR count). The van der Waals surface area contributed by atoms with Gasteiger partial charge in [-0.25, -0.2) is 4.79 Å². The third-order valence-corrected chi connectivity index (χ3v) is 5.93. The first-order chi connectivity index (χ1) is 13.0. The number of hydrogen-bond acceptors (Lipinski definition) is 6. The van der Waals surface area contributed by atoms with Crippen molar-refractivity contribution in [1.82, 2.24) is 19.3 Å². The zero-order valence-electron chi connectivity index (χ0n) is 15.8. The maximum atomic E-state index is 12.8. The number of pyridine rings is 1. The van der Waals surface area contributed by atoms with E-state index in [0.717, 1.165) is 5.56 Å². The van der Waals surface area contributed by atoms with Crippen molar-refractivity contribution in [2.75, 3.05) is 26.7 Å². The highest BCUT2D eigenvalue weighted by atomic mass is 35.5. The summed E-state index contributed by atoms with van der Waals surface area (Å²) in [6.07, 6.45) is 1.37. The Hall–Kier alpha value is -1.75. The number of esters is 1. The van der Waals surface area contributed by atoms with Crippen LogP contribution in [-0.2, 0) is 21.5 Å². The van der Waals surface area contributed by atoms with E-state index in [0.29, 0.717) is 30.9 Å². The molecule has 0 amide bonds. The van der Waals surface area contributed by atoms with Gasteiger partial charge >= 0.3 is 5.97 Å². The maximum absolute atomic E-state index is 12.8. The Morgan fingerprint density at radius 3 is 2.59 bits per heavy atom. The highest BCUT2D eigenvalue weighted by molar-refractivity contribution is 7.87. The Balaban J connectivity index is 0.00000210. The number of carbonyl (C=O) groups excluding carboxylic acids is 1. The molecule has 2 N–H and O–H groups in total. The lowest BCUT2D eigenvalue weighted by Crippen LogP contribution is -2.52. The van der Waals surface area contributed by atoms with Crippen LogP contribution < -0.4 is 10.0 Å². The number of piperazine rings is 1. The first-order valence-electron chi connectivity index (χ1n) is 8.56. The SMILES string of the molecule is COC(=O)c1ccc(CNS(=O)(=O)N2CCNCC2c2ccccc2)nc1.Cl.Cl. The summed E-state index contributed by atoms with van der Waals surface area (Å²) in [6.45, 7) is 1.56. The normalized spacial score (nSPS) is 16.9. The van der Waals surface area contributed by atoms with Crippen molar-refractivity contribution < 1.29 is 17.9 Å². The van der Waals surface area contributed by atoms with Crippen LogP contribution in [0.4, 0.5) is 0 Å².